The molecule has 0 bridgehead atoms. The Labute approximate surface area is 94.6 Å². The molecule has 1 rings (SSSR count). The molecule has 3 N–H and O–H groups in total. The molecule has 15 heavy (non-hydrogen) atoms. The number of carbonyl (C=O) groups is 1. The van der Waals surface area contributed by atoms with Gasteiger partial charge in [-0.25, -0.2) is 0 Å². The van der Waals surface area contributed by atoms with Gasteiger partial charge in [0.1, 0.15) is 0 Å². The Morgan fingerprint density at radius 2 is 2.27 bits per heavy atom. The monoisotopic (exact) mass is 226 g/mol. The average molecular weight is 227 g/mol. The SMILES string of the molecule is CC[C@@H](N)C(=O)Nc1cccc(Cl)c1C. The molecule has 0 aliphatic heterocycles. The number of rotatable bonds is 3. The molecular formula is C11H15ClN2O. The van der Waals surface area contributed by atoms with Gasteiger partial charge in [-0.2, -0.15) is 0 Å². The van der Waals surface area contributed by atoms with Gasteiger partial charge in [0.2, 0.25) is 5.91 Å². The van der Waals surface area contributed by atoms with Crippen molar-refractivity contribution in [2.75, 3.05) is 5.32 Å². The van der Waals surface area contributed by atoms with Crippen molar-refractivity contribution in [1.29, 1.82) is 0 Å². The number of carbonyl (C=O) groups excluding carboxylic acids is 1. The molecule has 0 aliphatic rings. The highest BCUT2D eigenvalue weighted by Crippen LogP contribution is 2.22. The van der Waals surface area contributed by atoms with Crippen molar-refractivity contribution >= 4 is 23.2 Å². The summed E-state index contributed by atoms with van der Waals surface area (Å²) in [6.45, 7) is 3.73. The van der Waals surface area contributed by atoms with E-state index in [0.717, 1.165) is 11.3 Å². The zero-order valence-electron chi connectivity index (χ0n) is 8.88. The van der Waals surface area contributed by atoms with Crippen LogP contribution in [-0.4, -0.2) is 11.9 Å². The minimum atomic E-state index is -0.469. The van der Waals surface area contributed by atoms with E-state index in [0.29, 0.717) is 11.4 Å². The maximum atomic E-state index is 11.5. The van der Waals surface area contributed by atoms with E-state index >= 15 is 0 Å². The molecular weight excluding hydrogens is 212 g/mol. The highest BCUT2D eigenvalue weighted by Gasteiger charge is 2.12. The smallest absolute Gasteiger partial charge is 0.241 e. The number of anilines is 1. The van der Waals surface area contributed by atoms with Gasteiger partial charge in [0.15, 0.2) is 0 Å². The standard InChI is InChI=1S/C11H15ClN2O/c1-3-9(13)11(15)14-10-6-4-5-8(12)7(10)2/h4-6,9H,3,13H2,1-2H3,(H,14,15)/t9-/m1/s1. The van der Waals surface area contributed by atoms with E-state index in [4.69, 9.17) is 17.3 Å². The Kier molecular flexibility index (Phi) is 4.12. The summed E-state index contributed by atoms with van der Waals surface area (Å²) in [5, 5.41) is 3.39. The van der Waals surface area contributed by atoms with Crippen LogP contribution in [0, 0.1) is 6.92 Å². The summed E-state index contributed by atoms with van der Waals surface area (Å²) in [7, 11) is 0. The van der Waals surface area contributed by atoms with Crippen molar-refractivity contribution < 1.29 is 4.79 Å². The molecule has 0 saturated heterocycles. The lowest BCUT2D eigenvalue weighted by atomic mass is 10.1. The van der Waals surface area contributed by atoms with Crippen molar-refractivity contribution in [3.05, 3.63) is 28.8 Å². The number of nitrogens with one attached hydrogen (secondary N) is 1. The Balaban J connectivity index is 2.81. The summed E-state index contributed by atoms with van der Waals surface area (Å²) in [4.78, 5) is 11.5. The van der Waals surface area contributed by atoms with Gasteiger partial charge in [-0.05, 0) is 31.0 Å². The fourth-order valence-electron chi connectivity index (χ4n) is 1.15. The summed E-state index contributed by atoms with van der Waals surface area (Å²) < 4.78 is 0. The molecule has 0 heterocycles. The fourth-order valence-corrected chi connectivity index (χ4v) is 1.33. The van der Waals surface area contributed by atoms with Crippen LogP contribution in [0.3, 0.4) is 0 Å². The summed E-state index contributed by atoms with van der Waals surface area (Å²) >= 11 is 5.93. The van der Waals surface area contributed by atoms with Gasteiger partial charge in [0.25, 0.3) is 0 Å². The Bertz CT molecular complexity index is 366. The Morgan fingerprint density at radius 1 is 1.60 bits per heavy atom. The molecule has 0 aliphatic carbocycles. The molecule has 0 spiro atoms. The lowest BCUT2D eigenvalue weighted by Gasteiger charge is -2.12. The third kappa shape index (κ3) is 2.94. The van der Waals surface area contributed by atoms with Crippen molar-refractivity contribution in [3.8, 4) is 0 Å². The topological polar surface area (TPSA) is 55.1 Å². The number of nitrogens with two attached hydrogens (primary N) is 1. The van der Waals surface area contributed by atoms with Gasteiger partial charge < -0.3 is 11.1 Å². The lowest BCUT2D eigenvalue weighted by molar-refractivity contribution is -0.117. The van der Waals surface area contributed by atoms with Gasteiger partial charge in [0, 0.05) is 10.7 Å². The first-order valence-electron chi connectivity index (χ1n) is 4.87. The maximum Gasteiger partial charge on any atom is 0.241 e. The first-order valence-corrected chi connectivity index (χ1v) is 5.25. The maximum absolute atomic E-state index is 11.5. The van der Waals surface area contributed by atoms with Crippen LogP contribution >= 0.6 is 11.6 Å². The van der Waals surface area contributed by atoms with Crippen LogP contribution in [0.15, 0.2) is 18.2 Å². The summed E-state index contributed by atoms with van der Waals surface area (Å²) in [5.41, 5.74) is 7.18. The number of amides is 1. The van der Waals surface area contributed by atoms with Crippen LogP contribution < -0.4 is 11.1 Å². The molecule has 3 nitrogen and oxygen atoms in total. The minimum Gasteiger partial charge on any atom is -0.324 e. The summed E-state index contributed by atoms with van der Waals surface area (Å²) in [6, 6.07) is 4.92. The second-order valence-electron chi connectivity index (χ2n) is 3.42. The third-order valence-corrected chi connectivity index (χ3v) is 2.71. The zero-order chi connectivity index (χ0) is 11.4. The number of hydrogen-bond donors (Lipinski definition) is 2. The van der Waals surface area contributed by atoms with E-state index in [2.05, 4.69) is 5.32 Å². The number of benzene rings is 1. The van der Waals surface area contributed by atoms with Gasteiger partial charge in [-0.3, -0.25) is 4.79 Å². The fraction of sp³-hybridized carbons (Fsp3) is 0.364. The highest BCUT2D eigenvalue weighted by molar-refractivity contribution is 6.31. The van der Waals surface area contributed by atoms with Gasteiger partial charge in [-0.15, -0.1) is 0 Å². The van der Waals surface area contributed by atoms with E-state index in [1.54, 1.807) is 12.1 Å². The van der Waals surface area contributed by atoms with Crippen molar-refractivity contribution in [1.82, 2.24) is 0 Å². The van der Waals surface area contributed by atoms with Gasteiger partial charge in [-0.1, -0.05) is 24.6 Å². The van der Waals surface area contributed by atoms with Gasteiger partial charge in [0.05, 0.1) is 6.04 Å². The van der Waals surface area contributed by atoms with E-state index in [1.807, 2.05) is 19.9 Å². The van der Waals surface area contributed by atoms with Crippen molar-refractivity contribution in [2.45, 2.75) is 26.3 Å². The molecule has 1 aromatic rings. The van der Waals surface area contributed by atoms with Gasteiger partial charge >= 0.3 is 0 Å². The molecule has 82 valence electrons. The van der Waals surface area contributed by atoms with Crippen LogP contribution in [-0.2, 0) is 4.79 Å². The molecule has 1 atom stereocenters. The molecule has 1 aromatic carbocycles. The second kappa shape index (κ2) is 5.14. The zero-order valence-corrected chi connectivity index (χ0v) is 9.64. The number of hydrogen-bond acceptors (Lipinski definition) is 2. The second-order valence-corrected chi connectivity index (χ2v) is 3.82. The summed E-state index contributed by atoms with van der Waals surface area (Å²) in [6.07, 6.45) is 0.617. The predicted octanol–water partition coefficient (Wildman–Crippen LogP) is 2.32. The van der Waals surface area contributed by atoms with Crippen molar-refractivity contribution in [3.63, 3.8) is 0 Å². The molecule has 0 saturated carbocycles. The summed E-state index contributed by atoms with van der Waals surface area (Å²) in [5.74, 6) is -0.178. The highest BCUT2D eigenvalue weighted by atomic mass is 35.5. The van der Waals surface area contributed by atoms with Crippen LogP contribution in [0.25, 0.3) is 0 Å². The van der Waals surface area contributed by atoms with Crippen molar-refractivity contribution in [2.24, 2.45) is 5.73 Å². The van der Waals surface area contributed by atoms with Crippen LogP contribution in [0.1, 0.15) is 18.9 Å². The molecule has 4 heteroatoms. The van der Waals surface area contributed by atoms with Crippen LogP contribution in [0.5, 0.6) is 0 Å². The third-order valence-electron chi connectivity index (χ3n) is 2.30. The lowest BCUT2D eigenvalue weighted by Crippen LogP contribution is -2.35. The largest absolute Gasteiger partial charge is 0.324 e. The quantitative estimate of drug-likeness (QED) is 0.831. The van der Waals surface area contributed by atoms with E-state index in [-0.39, 0.29) is 5.91 Å². The molecule has 0 unspecified atom stereocenters. The first-order chi connectivity index (χ1) is 7.06. The number of halogens is 1. The van der Waals surface area contributed by atoms with E-state index < -0.39 is 6.04 Å². The van der Waals surface area contributed by atoms with Crippen LogP contribution in [0.4, 0.5) is 5.69 Å². The predicted molar refractivity (Wildman–Crippen MR) is 63.1 cm³/mol. The molecule has 0 fully saturated rings. The first kappa shape index (κ1) is 12.0. The normalized spacial score (nSPS) is 12.3. The molecule has 0 radical (unpaired) electrons. The Hall–Kier alpha value is -1.06. The average Bonchev–Trinajstić information content (AvgIpc) is 2.23. The molecule has 0 aromatic heterocycles. The van der Waals surface area contributed by atoms with E-state index in [1.165, 1.54) is 0 Å². The van der Waals surface area contributed by atoms with Crippen LogP contribution in [0.2, 0.25) is 5.02 Å². The Morgan fingerprint density at radius 3 is 2.87 bits per heavy atom. The van der Waals surface area contributed by atoms with E-state index in [9.17, 15) is 4.79 Å². The molecule has 1 amide bonds. The minimum absolute atomic E-state index is 0.178.